The molecule has 1 nitrogen and oxygen atoms in total. The van der Waals surface area contributed by atoms with Crippen LogP contribution in [0, 0.1) is 11.3 Å². The van der Waals surface area contributed by atoms with Crippen molar-refractivity contribution < 1.29 is 4.74 Å². The minimum absolute atomic E-state index is 0.110. The highest BCUT2D eigenvalue weighted by molar-refractivity contribution is 5.27. The van der Waals surface area contributed by atoms with Gasteiger partial charge in [-0.25, -0.2) is 0 Å². The second-order valence-corrected chi connectivity index (χ2v) is 6.84. The van der Waals surface area contributed by atoms with E-state index in [4.69, 9.17) is 4.74 Å². The van der Waals surface area contributed by atoms with Crippen molar-refractivity contribution in [3.05, 3.63) is 11.1 Å². The maximum Gasteiger partial charge on any atom is 0.0627 e. The second-order valence-electron chi connectivity index (χ2n) is 6.84. The van der Waals surface area contributed by atoms with Crippen LogP contribution < -0.4 is 0 Å². The van der Waals surface area contributed by atoms with Crippen LogP contribution in [0.25, 0.3) is 0 Å². The van der Waals surface area contributed by atoms with Crippen molar-refractivity contribution in [3.8, 4) is 0 Å². The largest absolute Gasteiger partial charge is 0.375 e. The molecule has 92 valence electrons. The number of hydrogen-bond donors (Lipinski definition) is 0. The summed E-state index contributed by atoms with van der Waals surface area (Å²) in [6, 6.07) is 0. The van der Waals surface area contributed by atoms with E-state index in [2.05, 4.69) is 34.6 Å². The van der Waals surface area contributed by atoms with Crippen molar-refractivity contribution in [2.24, 2.45) is 11.3 Å². The smallest absolute Gasteiger partial charge is 0.0627 e. The van der Waals surface area contributed by atoms with E-state index >= 15 is 0 Å². The summed E-state index contributed by atoms with van der Waals surface area (Å²) in [4.78, 5) is 0. The van der Waals surface area contributed by atoms with Crippen LogP contribution in [0.3, 0.4) is 0 Å². The standard InChI is InChI=1S/C15H26O/c1-11-13(7-8-14(11,2)3)12-6-9-15(4,5)16-10-12/h12H,6-10H2,1-5H3. The molecule has 0 aromatic rings. The van der Waals surface area contributed by atoms with Gasteiger partial charge in [-0.2, -0.15) is 0 Å². The van der Waals surface area contributed by atoms with Gasteiger partial charge in [0.1, 0.15) is 0 Å². The van der Waals surface area contributed by atoms with E-state index in [1.807, 2.05) is 0 Å². The fraction of sp³-hybridized carbons (Fsp3) is 0.867. The van der Waals surface area contributed by atoms with Gasteiger partial charge in [-0.1, -0.05) is 25.0 Å². The zero-order valence-electron chi connectivity index (χ0n) is 11.5. The third-order valence-corrected chi connectivity index (χ3v) is 4.78. The van der Waals surface area contributed by atoms with Gasteiger partial charge in [-0.15, -0.1) is 0 Å². The Morgan fingerprint density at radius 1 is 1.12 bits per heavy atom. The maximum absolute atomic E-state index is 5.97. The predicted molar refractivity (Wildman–Crippen MR) is 68.5 cm³/mol. The average Bonchev–Trinajstić information content (AvgIpc) is 2.44. The summed E-state index contributed by atoms with van der Waals surface area (Å²) in [7, 11) is 0. The molecule has 1 heterocycles. The third-order valence-electron chi connectivity index (χ3n) is 4.78. The minimum atomic E-state index is 0.110. The van der Waals surface area contributed by atoms with Crippen LogP contribution in [0.5, 0.6) is 0 Å². The average molecular weight is 222 g/mol. The fourth-order valence-corrected chi connectivity index (χ4v) is 3.05. The Morgan fingerprint density at radius 3 is 2.25 bits per heavy atom. The second kappa shape index (κ2) is 3.87. The minimum Gasteiger partial charge on any atom is -0.375 e. The molecule has 0 bridgehead atoms. The number of rotatable bonds is 1. The molecule has 0 saturated carbocycles. The number of ether oxygens (including phenoxy) is 1. The zero-order valence-corrected chi connectivity index (χ0v) is 11.5. The van der Waals surface area contributed by atoms with E-state index in [-0.39, 0.29) is 5.60 Å². The first-order valence-electron chi connectivity index (χ1n) is 6.66. The molecular formula is C15H26O. The molecule has 0 spiro atoms. The van der Waals surface area contributed by atoms with E-state index < -0.39 is 0 Å². The van der Waals surface area contributed by atoms with Gasteiger partial charge in [0.25, 0.3) is 0 Å². The summed E-state index contributed by atoms with van der Waals surface area (Å²) in [5, 5.41) is 0. The first-order valence-corrected chi connectivity index (χ1v) is 6.66. The Hall–Kier alpha value is -0.300. The molecule has 1 aliphatic carbocycles. The summed E-state index contributed by atoms with van der Waals surface area (Å²) in [6.45, 7) is 12.5. The molecule has 1 aliphatic heterocycles. The van der Waals surface area contributed by atoms with Crippen molar-refractivity contribution in [2.75, 3.05) is 6.61 Å². The molecule has 0 radical (unpaired) electrons. The fourth-order valence-electron chi connectivity index (χ4n) is 3.05. The van der Waals surface area contributed by atoms with E-state index in [1.165, 1.54) is 25.7 Å². The monoisotopic (exact) mass is 222 g/mol. The predicted octanol–water partition coefficient (Wildman–Crippen LogP) is 4.33. The van der Waals surface area contributed by atoms with Gasteiger partial charge in [0.2, 0.25) is 0 Å². The Labute approximate surface area is 100 Å². The summed E-state index contributed by atoms with van der Waals surface area (Å²) in [5.41, 5.74) is 3.89. The molecule has 1 fully saturated rings. The van der Waals surface area contributed by atoms with Gasteiger partial charge in [-0.3, -0.25) is 0 Å². The highest BCUT2D eigenvalue weighted by Crippen LogP contribution is 2.46. The van der Waals surface area contributed by atoms with E-state index in [1.54, 1.807) is 11.1 Å². The summed E-state index contributed by atoms with van der Waals surface area (Å²) < 4.78 is 5.97. The highest BCUT2D eigenvalue weighted by Gasteiger charge is 2.36. The molecule has 0 aromatic heterocycles. The lowest BCUT2D eigenvalue weighted by Crippen LogP contribution is -2.34. The third kappa shape index (κ3) is 2.20. The molecule has 1 saturated heterocycles. The molecule has 0 amide bonds. The van der Waals surface area contributed by atoms with Crippen molar-refractivity contribution in [1.82, 2.24) is 0 Å². The van der Waals surface area contributed by atoms with Crippen LogP contribution >= 0.6 is 0 Å². The summed E-state index contributed by atoms with van der Waals surface area (Å²) >= 11 is 0. The molecule has 16 heavy (non-hydrogen) atoms. The lowest BCUT2D eigenvalue weighted by atomic mass is 9.83. The normalized spacial score (nSPS) is 33.2. The van der Waals surface area contributed by atoms with Gasteiger partial charge in [-0.05, 0) is 51.9 Å². The Kier molecular flexibility index (Phi) is 2.94. The van der Waals surface area contributed by atoms with Crippen LogP contribution in [0.2, 0.25) is 0 Å². The Morgan fingerprint density at radius 2 is 1.81 bits per heavy atom. The van der Waals surface area contributed by atoms with Crippen LogP contribution in [-0.2, 0) is 4.74 Å². The summed E-state index contributed by atoms with van der Waals surface area (Å²) in [5.74, 6) is 0.704. The number of hydrogen-bond acceptors (Lipinski definition) is 1. The van der Waals surface area contributed by atoms with E-state index in [0.29, 0.717) is 11.3 Å². The van der Waals surface area contributed by atoms with Crippen LogP contribution in [0.1, 0.15) is 60.3 Å². The number of allylic oxidation sites excluding steroid dienone is 1. The zero-order chi connectivity index (χ0) is 12.0. The molecule has 0 N–H and O–H groups in total. The van der Waals surface area contributed by atoms with Crippen molar-refractivity contribution in [3.63, 3.8) is 0 Å². The van der Waals surface area contributed by atoms with Crippen molar-refractivity contribution in [1.29, 1.82) is 0 Å². The van der Waals surface area contributed by atoms with E-state index in [9.17, 15) is 0 Å². The topological polar surface area (TPSA) is 9.23 Å². The van der Waals surface area contributed by atoms with Crippen molar-refractivity contribution in [2.45, 2.75) is 65.9 Å². The first-order chi connectivity index (χ1) is 7.32. The SMILES string of the molecule is CC1=C(C2CCC(C)(C)OC2)CCC1(C)C. The Balaban J connectivity index is 2.08. The van der Waals surface area contributed by atoms with Crippen LogP contribution in [0.15, 0.2) is 11.1 Å². The van der Waals surface area contributed by atoms with Gasteiger partial charge in [0, 0.05) is 5.92 Å². The van der Waals surface area contributed by atoms with Gasteiger partial charge in [0.15, 0.2) is 0 Å². The molecule has 2 aliphatic rings. The van der Waals surface area contributed by atoms with Gasteiger partial charge >= 0.3 is 0 Å². The quantitative estimate of drug-likeness (QED) is 0.600. The molecule has 0 aromatic carbocycles. The first kappa shape index (κ1) is 12.2. The highest BCUT2D eigenvalue weighted by atomic mass is 16.5. The summed E-state index contributed by atoms with van der Waals surface area (Å²) in [6.07, 6.45) is 5.14. The molecule has 1 atom stereocenters. The molecule has 1 heteroatoms. The lowest BCUT2D eigenvalue weighted by molar-refractivity contribution is -0.0696. The molecular weight excluding hydrogens is 196 g/mol. The molecule has 1 unspecified atom stereocenters. The lowest BCUT2D eigenvalue weighted by Gasteiger charge is -2.36. The van der Waals surface area contributed by atoms with E-state index in [0.717, 1.165) is 6.61 Å². The maximum atomic E-state index is 5.97. The van der Waals surface area contributed by atoms with Crippen LogP contribution in [-0.4, -0.2) is 12.2 Å². The van der Waals surface area contributed by atoms with Gasteiger partial charge < -0.3 is 4.74 Å². The van der Waals surface area contributed by atoms with Gasteiger partial charge in [0.05, 0.1) is 12.2 Å². The van der Waals surface area contributed by atoms with Crippen LogP contribution in [0.4, 0.5) is 0 Å². The molecule has 2 rings (SSSR count). The Bertz CT molecular complexity index is 299. The van der Waals surface area contributed by atoms with Crippen molar-refractivity contribution >= 4 is 0 Å².